The second-order valence-corrected chi connectivity index (χ2v) is 4.79. The minimum absolute atomic E-state index is 0.400. The van der Waals surface area contributed by atoms with Crippen LogP contribution in [-0.2, 0) is 0 Å². The molecule has 17 heavy (non-hydrogen) atoms. The van der Waals surface area contributed by atoms with Crippen molar-refractivity contribution in [2.24, 2.45) is 11.7 Å². The predicted molar refractivity (Wildman–Crippen MR) is 70.0 cm³/mol. The number of carbonyl (C=O) groups is 1. The number of hydrogen-bond donors (Lipinski definition) is 2. The molecule has 0 aliphatic heterocycles. The summed E-state index contributed by atoms with van der Waals surface area (Å²) in [5.41, 5.74) is 13.1. The molecule has 0 aromatic heterocycles. The van der Waals surface area contributed by atoms with E-state index >= 15 is 0 Å². The Balaban J connectivity index is 2.31. The van der Waals surface area contributed by atoms with Gasteiger partial charge in [-0.25, -0.2) is 0 Å². The van der Waals surface area contributed by atoms with E-state index in [1.165, 1.54) is 12.8 Å². The molecule has 0 spiro atoms. The SMILES string of the molecule is CC(C1CC1)N(C)c1cccc(C(N)=O)c1N. The van der Waals surface area contributed by atoms with Gasteiger partial charge in [-0.1, -0.05) is 6.07 Å². The van der Waals surface area contributed by atoms with Gasteiger partial charge in [-0.15, -0.1) is 0 Å². The van der Waals surface area contributed by atoms with Gasteiger partial charge in [0.1, 0.15) is 0 Å². The first kappa shape index (κ1) is 11.8. The molecule has 4 heteroatoms. The highest BCUT2D eigenvalue weighted by molar-refractivity contribution is 6.00. The molecular formula is C13H19N3O. The first-order valence-corrected chi connectivity index (χ1v) is 5.93. The van der Waals surface area contributed by atoms with Crippen LogP contribution in [0, 0.1) is 5.92 Å². The lowest BCUT2D eigenvalue weighted by molar-refractivity contribution is 0.100. The zero-order valence-corrected chi connectivity index (χ0v) is 10.3. The van der Waals surface area contributed by atoms with Crippen molar-refractivity contribution in [3.63, 3.8) is 0 Å². The summed E-state index contributed by atoms with van der Waals surface area (Å²) in [6.07, 6.45) is 2.56. The molecule has 1 saturated carbocycles. The molecule has 0 heterocycles. The highest BCUT2D eigenvalue weighted by Gasteiger charge is 2.31. The van der Waals surface area contributed by atoms with Crippen molar-refractivity contribution in [2.45, 2.75) is 25.8 Å². The molecule has 1 aliphatic rings. The standard InChI is InChI=1S/C13H19N3O/c1-8(9-6-7-9)16(2)11-5-3-4-10(12(11)14)13(15)17/h3-5,8-9H,6-7,14H2,1-2H3,(H2,15,17). The van der Waals surface area contributed by atoms with Crippen molar-refractivity contribution in [2.75, 3.05) is 17.7 Å². The predicted octanol–water partition coefficient (Wildman–Crippen LogP) is 1.60. The van der Waals surface area contributed by atoms with Crippen LogP contribution in [0.3, 0.4) is 0 Å². The number of primary amides is 1. The van der Waals surface area contributed by atoms with E-state index in [4.69, 9.17) is 11.5 Å². The lowest BCUT2D eigenvalue weighted by Gasteiger charge is -2.28. The number of rotatable bonds is 4. The number of amides is 1. The van der Waals surface area contributed by atoms with E-state index in [-0.39, 0.29) is 0 Å². The molecule has 1 atom stereocenters. The van der Waals surface area contributed by atoms with Gasteiger partial charge in [0.2, 0.25) is 0 Å². The Morgan fingerprint density at radius 3 is 2.65 bits per heavy atom. The zero-order chi connectivity index (χ0) is 12.6. The number of nitrogens with two attached hydrogens (primary N) is 2. The van der Waals surface area contributed by atoms with E-state index in [0.29, 0.717) is 17.3 Å². The molecule has 1 fully saturated rings. The Hall–Kier alpha value is -1.71. The van der Waals surface area contributed by atoms with Crippen LogP contribution in [0.15, 0.2) is 18.2 Å². The molecule has 4 N–H and O–H groups in total. The van der Waals surface area contributed by atoms with Crippen molar-refractivity contribution in [3.05, 3.63) is 23.8 Å². The average molecular weight is 233 g/mol. The Labute approximate surface area is 102 Å². The topological polar surface area (TPSA) is 72.3 Å². The van der Waals surface area contributed by atoms with Gasteiger partial charge < -0.3 is 16.4 Å². The fraction of sp³-hybridized carbons (Fsp3) is 0.462. The Morgan fingerprint density at radius 2 is 2.12 bits per heavy atom. The monoisotopic (exact) mass is 233 g/mol. The van der Waals surface area contributed by atoms with Crippen molar-refractivity contribution < 1.29 is 4.79 Å². The minimum atomic E-state index is -0.475. The van der Waals surface area contributed by atoms with Crippen LogP contribution >= 0.6 is 0 Å². The van der Waals surface area contributed by atoms with Crippen LogP contribution in [0.2, 0.25) is 0 Å². The summed E-state index contributed by atoms with van der Waals surface area (Å²) in [5.74, 6) is 0.272. The summed E-state index contributed by atoms with van der Waals surface area (Å²) in [6.45, 7) is 2.19. The molecule has 92 valence electrons. The van der Waals surface area contributed by atoms with Gasteiger partial charge >= 0.3 is 0 Å². The maximum atomic E-state index is 11.2. The Kier molecular flexibility index (Phi) is 2.96. The van der Waals surface area contributed by atoms with Gasteiger partial charge in [-0.3, -0.25) is 4.79 Å². The number of nitrogens with zero attached hydrogens (tertiary/aromatic N) is 1. The van der Waals surface area contributed by atoms with Crippen molar-refractivity contribution >= 4 is 17.3 Å². The molecule has 1 unspecified atom stereocenters. The smallest absolute Gasteiger partial charge is 0.250 e. The lowest BCUT2D eigenvalue weighted by atomic mass is 10.1. The van der Waals surface area contributed by atoms with Gasteiger partial charge in [-0.2, -0.15) is 0 Å². The minimum Gasteiger partial charge on any atom is -0.396 e. The molecule has 1 aromatic carbocycles. The maximum Gasteiger partial charge on any atom is 0.250 e. The highest BCUT2D eigenvalue weighted by atomic mass is 16.1. The van der Waals surface area contributed by atoms with E-state index < -0.39 is 5.91 Å². The van der Waals surface area contributed by atoms with Crippen LogP contribution in [0.25, 0.3) is 0 Å². The fourth-order valence-corrected chi connectivity index (χ4v) is 2.19. The van der Waals surface area contributed by atoms with Gasteiger partial charge in [0, 0.05) is 13.1 Å². The number of para-hydroxylation sites is 1. The fourth-order valence-electron chi connectivity index (χ4n) is 2.19. The normalized spacial score (nSPS) is 16.6. The molecule has 1 aromatic rings. The molecule has 4 nitrogen and oxygen atoms in total. The summed E-state index contributed by atoms with van der Waals surface area (Å²) in [7, 11) is 2.01. The first-order chi connectivity index (χ1) is 8.02. The van der Waals surface area contributed by atoms with Gasteiger partial charge in [-0.05, 0) is 37.8 Å². The van der Waals surface area contributed by atoms with Crippen LogP contribution in [0.4, 0.5) is 11.4 Å². The highest BCUT2D eigenvalue weighted by Crippen LogP contribution is 2.37. The summed E-state index contributed by atoms with van der Waals surface area (Å²) < 4.78 is 0. The molecule has 1 amide bonds. The maximum absolute atomic E-state index is 11.2. The molecule has 1 aliphatic carbocycles. The van der Waals surface area contributed by atoms with E-state index in [1.54, 1.807) is 6.07 Å². The van der Waals surface area contributed by atoms with Gasteiger partial charge in [0.15, 0.2) is 0 Å². The second-order valence-electron chi connectivity index (χ2n) is 4.79. The summed E-state index contributed by atoms with van der Waals surface area (Å²) >= 11 is 0. The molecule has 0 radical (unpaired) electrons. The first-order valence-electron chi connectivity index (χ1n) is 5.93. The van der Waals surface area contributed by atoms with E-state index in [0.717, 1.165) is 11.6 Å². The van der Waals surface area contributed by atoms with E-state index in [2.05, 4.69) is 11.8 Å². The third-order valence-corrected chi connectivity index (χ3v) is 3.64. The number of hydrogen-bond acceptors (Lipinski definition) is 3. The third-order valence-electron chi connectivity index (χ3n) is 3.64. The number of nitrogen functional groups attached to an aromatic ring is 1. The van der Waals surface area contributed by atoms with Crippen molar-refractivity contribution in [1.29, 1.82) is 0 Å². The molecule has 0 bridgehead atoms. The second kappa shape index (κ2) is 4.28. The van der Waals surface area contributed by atoms with Crippen molar-refractivity contribution in [3.8, 4) is 0 Å². The Morgan fingerprint density at radius 1 is 1.47 bits per heavy atom. The van der Waals surface area contributed by atoms with E-state index in [9.17, 15) is 4.79 Å². The molecule has 2 rings (SSSR count). The zero-order valence-electron chi connectivity index (χ0n) is 10.3. The molecular weight excluding hydrogens is 214 g/mol. The summed E-state index contributed by atoms with van der Waals surface area (Å²) in [5, 5.41) is 0. The van der Waals surface area contributed by atoms with Crippen LogP contribution in [0.1, 0.15) is 30.1 Å². The summed E-state index contributed by atoms with van der Waals surface area (Å²) in [4.78, 5) is 13.4. The average Bonchev–Trinajstić information content (AvgIpc) is 3.11. The lowest BCUT2D eigenvalue weighted by Crippen LogP contribution is -2.31. The number of anilines is 2. The summed E-state index contributed by atoms with van der Waals surface area (Å²) in [6, 6.07) is 5.86. The number of carbonyl (C=O) groups excluding carboxylic acids is 1. The van der Waals surface area contributed by atoms with Gasteiger partial charge in [0.25, 0.3) is 5.91 Å². The quantitative estimate of drug-likeness (QED) is 0.776. The van der Waals surface area contributed by atoms with Crippen LogP contribution in [0.5, 0.6) is 0 Å². The van der Waals surface area contributed by atoms with Gasteiger partial charge in [0.05, 0.1) is 16.9 Å². The Bertz CT molecular complexity index is 440. The van der Waals surface area contributed by atoms with E-state index in [1.807, 2.05) is 19.2 Å². The van der Waals surface area contributed by atoms with Crippen LogP contribution < -0.4 is 16.4 Å². The van der Waals surface area contributed by atoms with Crippen LogP contribution in [-0.4, -0.2) is 19.0 Å². The number of benzene rings is 1. The third kappa shape index (κ3) is 2.20. The molecule has 0 saturated heterocycles. The van der Waals surface area contributed by atoms with Crippen molar-refractivity contribution in [1.82, 2.24) is 0 Å². The largest absolute Gasteiger partial charge is 0.396 e.